The zero-order valence-electron chi connectivity index (χ0n) is 16.6. The Morgan fingerprint density at radius 3 is 2.26 bits per heavy atom. The van der Waals surface area contributed by atoms with E-state index in [1.807, 2.05) is 52.0 Å². The van der Waals surface area contributed by atoms with Crippen LogP contribution in [0.1, 0.15) is 62.3 Å². The van der Waals surface area contributed by atoms with Crippen LogP contribution >= 0.6 is 11.6 Å². The number of rotatable bonds is 5. The second kappa shape index (κ2) is 7.65. The molecule has 144 valence electrons. The maximum absolute atomic E-state index is 12.7. The Kier molecular flexibility index (Phi) is 5.64. The summed E-state index contributed by atoms with van der Waals surface area (Å²) in [5, 5.41) is 0.691. The lowest BCUT2D eigenvalue weighted by Crippen LogP contribution is -2.29. The highest BCUT2D eigenvalue weighted by molar-refractivity contribution is 6.30. The van der Waals surface area contributed by atoms with Crippen molar-refractivity contribution in [3.63, 3.8) is 0 Å². The molecule has 0 amide bonds. The van der Waals surface area contributed by atoms with Gasteiger partial charge in [0.25, 0.3) is 0 Å². The van der Waals surface area contributed by atoms with Crippen LogP contribution in [0.5, 0.6) is 0 Å². The molecule has 4 heteroatoms. The first-order valence-electron chi connectivity index (χ1n) is 9.36. The number of carbonyl (C=O) groups is 1. The number of methoxy groups -OCH3 is 1. The fourth-order valence-corrected chi connectivity index (χ4v) is 3.56. The molecule has 0 spiro atoms. The SMILES string of the molecule is COC(=O)C(OC(C)(C)C)c1c(C)ccc(C2CC2)c1-c1ccc(Cl)cc1. The topological polar surface area (TPSA) is 35.5 Å². The van der Waals surface area contributed by atoms with E-state index >= 15 is 0 Å². The largest absolute Gasteiger partial charge is 0.467 e. The molecule has 0 heterocycles. The van der Waals surface area contributed by atoms with Crippen molar-refractivity contribution in [3.8, 4) is 11.1 Å². The normalized spacial score (nSPS) is 15.5. The van der Waals surface area contributed by atoms with Gasteiger partial charge in [-0.25, -0.2) is 4.79 Å². The summed E-state index contributed by atoms with van der Waals surface area (Å²) < 4.78 is 11.3. The fraction of sp³-hybridized carbons (Fsp3) is 0.435. The number of halogens is 1. The molecule has 0 aliphatic heterocycles. The first kappa shape index (κ1) is 19.9. The average Bonchev–Trinajstić information content (AvgIpc) is 3.44. The van der Waals surface area contributed by atoms with Crippen LogP contribution in [0, 0.1) is 6.92 Å². The summed E-state index contributed by atoms with van der Waals surface area (Å²) in [4.78, 5) is 12.7. The number of hydrogen-bond donors (Lipinski definition) is 0. The summed E-state index contributed by atoms with van der Waals surface area (Å²) in [6.07, 6.45) is 1.57. The summed E-state index contributed by atoms with van der Waals surface area (Å²) in [6, 6.07) is 12.1. The monoisotopic (exact) mass is 386 g/mol. The van der Waals surface area contributed by atoms with Gasteiger partial charge in [-0.15, -0.1) is 0 Å². The Hall–Kier alpha value is -1.84. The van der Waals surface area contributed by atoms with E-state index in [2.05, 4.69) is 12.1 Å². The van der Waals surface area contributed by atoms with Gasteiger partial charge in [-0.3, -0.25) is 0 Å². The molecule has 1 atom stereocenters. The molecule has 0 N–H and O–H groups in total. The van der Waals surface area contributed by atoms with Gasteiger partial charge in [0.1, 0.15) is 0 Å². The molecule has 1 saturated carbocycles. The molecule has 3 nitrogen and oxygen atoms in total. The van der Waals surface area contributed by atoms with Crippen molar-refractivity contribution in [2.45, 2.75) is 58.2 Å². The number of carbonyl (C=O) groups excluding carboxylic acids is 1. The minimum Gasteiger partial charge on any atom is -0.467 e. The van der Waals surface area contributed by atoms with Crippen molar-refractivity contribution in [2.24, 2.45) is 0 Å². The van der Waals surface area contributed by atoms with Crippen LogP contribution < -0.4 is 0 Å². The van der Waals surface area contributed by atoms with Crippen molar-refractivity contribution < 1.29 is 14.3 Å². The van der Waals surface area contributed by atoms with E-state index < -0.39 is 11.7 Å². The van der Waals surface area contributed by atoms with E-state index in [9.17, 15) is 4.79 Å². The van der Waals surface area contributed by atoms with Gasteiger partial charge < -0.3 is 9.47 Å². The van der Waals surface area contributed by atoms with Gasteiger partial charge in [0.2, 0.25) is 0 Å². The summed E-state index contributed by atoms with van der Waals surface area (Å²) in [5.74, 6) is 0.152. The van der Waals surface area contributed by atoms with E-state index in [-0.39, 0.29) is 5.97 Å². The molecule has 3 rings (SSSR count). The smallest absolute Gasteiger partial charge is 0.339 e. The number of benzene rings is 2. The van der Waals surface area contributed by atoms with E-state index in [1.54, 1.807) is 0 Å². The molecular weight excluding hydrogens is 360 g/mol. The molecule has 1 fully saturated rings. The third-order valence-corrected chi connectivity index (χ3v) is 5.05. The van der Waals surface area contributed by atoms with Crippen molar-refractivity contribution in [3.05, 3.63) is 58.1 Å². The van der Waals surface area contributed by atoms with Gasteiger partial charge in [-0.2, -0.15) is 0 Å². The van der Waals surface area contributed by atoms with Crippen LogP contribution in [0.2, 0.25) is 5.02 Å². The molecular formula is C23H27ClO3. The molecule has 1 aliphatic rings. The molecule has 2 aromatic carbocycles. The van der Waals surface area contributed by atoms with Gasteiger partial charge in [0.15, 0.2) is 6.10 Å². The minimum atomic E-state index is -0.778. The van der Waals surface area contributed by atoms with E-state index in [0.29, 0.717) is 10.9 Å². The van der Waals surface area contributed by atoms with Crippen LogP contribution in [0.25, 0.3) is 11.1 Å². The van der Waals surface area contributed by atoms with Crippen molar-refractivity contribution in [1.82, 2.24) is 0 Å². The Morgan fingerprint density at radius 2 is 1.74 bits per heavy atom. The molecule has 2 aromatic rings. The Balaban J connectivity index is 2.24. The maximum Gasteiger partial charge on any atom is 0.339 e. The molecule has 27 heavy (non-hydrogen) atoms. The van der Waals surface area contributed by atoms with Crippen LogP contribution in [-0.4, -0.2) is 18.7 Å². The van der Waals surface area contributed by atoms with Gasteiger partial charge in [-0.05, 0) is 80.8 Å². The van der Waals surface area contributed by atoms with E-state index in [1.165, 1.54) is 25.5 Å². The molecule has 0 saturated heterocycles. The van der Waals surface area contributed by atoms with Crippen LogP contribution in [0.4, 0.5) is 0 Å². The van der Waals surface area contributed by atoms with Crippen molar-refractivity contribution in [2.75, 3.05) is 7.11 Å². The molecule has 0 aromatic heterocycles. The lowest BCUT2D eigenvalue weighted by atomic mass is 9.86. The van der Waals surface area contributed by atoms with Gasteiger partial charge in [-0.1, -0.05) is 35.9 Å². The zero-order chi connectivity index (χ0) is 19.8. The van der Waals surface area contributed by atoms with Gasteiger partial charge >= 0.3 is 5.97 Å². The third-order valence-electron chi connectivity index (χ3n) is 4.79. The Bertz CT molecular complexity index is 830. The lowest BCUT2D eigenvalue weighted by Gasteiger charge is -2.29. The summed E-state index contributed by atoms with van der Waals surface area (Å²) in [6.45, 7) is 7.87. The molecule has 1 aliphatic carbocycles. The van der Waals surface area contributed by atoms with Crippen LogP contribution in [-0.2, 0) is 14.3 Å². The van der Waals surface area contributed by atoms with Crippen molar-refractivity contribution >= 4 is 17.6 Å². The average molecular weight is 387 g/mol. The van der Waals surface area contributed by atoms with E-state index in [4.69, 9.17) is 21.1 Å². The molecule has 0 bridgehead atoms. The number of ether oxygens (including phenoxy) is 2. The highest BCUT2D eigenvalue weighted by Crippen LogP contribution is 2.48. The van der Waals surface area contributed by atoms with E-state index in [0.717, 1.165) is 22.3 Å². The zero-order valence-corrected chi connectivity index (χ0v) is 17.4. The highest BCUT2D eigenvalue weighted by atomic mass is 35.5. The van der Waals surface area contributed by atoms with Crippen LogP contribution in [0.15, 0.2) is 36.4 Å². The van der Waals surface area contributed by atoms with Gasteiger partial charge in [0, 0.05) is 10.6 Å². The Labute approximate surface area is 166 Å². The summed E-state index contributed by atoms with van der Waals surface area (Å²) in [5.41, 5.74) is 4.81. The number of aryl methyl sites for hydroxylation is 1. The molecule has 0 radical (unpaired) electrons. The quantitative estimate of drug-likeness (QED) is 0.572. The molecule has 1 unspecified atom stereocenters. The Morgan fingerprint density at radius 1 is 1.11 bits per heavy atom. The predicted molar refractivity (Wildman–Crippen MR) is 109 cm³/mol. The minimum absolute atomic E-state index is 0.379. The third kappa shape index (κ3) is 4.53. The number of esters is 1. The van der Waals surface area contributed by atoms with Crippen molar-refractivity contribution in [1.29, 1.82) is 0 Å². The predicted octanol–water partition coefficient (Wildman–Crippen LogP) is 6.22. The summed E-state index contributed by atoms with van der Waals surface area (Å²) >= 11 is 6.11. The summed E-state index contributed by atoms with van der Waals surface area (Å²) in [7, 11) is 1.41. The van der Waals surface area contributed by atoms with Crippen LogP contribution in [0.3, 0.4) is 0 Å². The maximum atomic E-state index is 12.7. The van der Waals surface area contributed by atoms with Gasteiger partial charge in [0.05, 0.1) is 12.7 Å². The second-order valence-corrected chi connectivity index (χ2v) is 8.61. The highest BCUT2D eigenvalue weighted by Gasteiger charge is 2.35. The first-order chi connectivity index (χ1) is 12.7. The standard InChI is InChI=1S/C23H27ClO3/c1-14-6-13-18(15-7-8-15)20(16-9-11-17(24)12-10-16)19(14)21(22(25)26-5)27-23(2,3)4/h6,9-13,15,21H,7-8H2,1-5H3. The fourth-order valence-electron chi connectivity index (χ4n) is 3.44. The lowest BCUT2D eigenvalue weighted by molar-refractivity contribution is -0.164. The first-order valence-corrected chi connectivity index (χ1v) is 9.74. The second-order valence-electron chi connectivity index (χ2n) is 8.17. The number of hydrogen-bond acceptors (Lipinski definition) is 3.